The van der Waals surface area contributed by atoms with Gasteiger partial charge in [-0.3, -0.25) is 0 Å². The molecule has 4 heterocycles. The first-order chi connectivity index (χ1) is 15.2. The second kappa shape index (κ2) is 8.85. The maximum atomic E-state index is 4.87. The second-order valence-electron chi connectivity index (χ2n) is 8.41. The van der Waals surface area contributed by atoms with Gasteiger partial charge in [0, 0.05) is 68.1 Å². The summed E-state index contributed by atoms with van der Waals surface area (Å²) in [4.78, 5) is 19.0. The van der Waals surface area contributed by atoms with E-state index in [-0.39, 0.29) is 0 Å². The molecule has 7 heteroatoms. The van der Waals surface area contributed by atoms with Gasteiger partial charge in [0.05, 0.1) is 11.1 Å². The van der Waals surface area contributed by atoms with Crippen LogP contribution in [0.2, 0.25) is 0 Å². The van der Waals surface area contributed by atoms with Crippen molar-refractivity contribution in [3.05, 3.63) is 54.1 Å². The number of nitrogens with one attached hydrogen (secondary N) is 1. The number of H-pyrrole nitrogens is 1. The highest BCUT2D eigenvalue weighted by Crippen LogP contribution is 2.32. The van der Waals surface area contributed by atoms with Crippen LogP contribution in [0.3, 0.4) is 0 Å². The molecule has 31 heavy (non-hydrogen) atoms. The van der Waals surface area contributed by atoms with Gasteiger partial charge in [0.2, 0.25) is 0 Å². The number of likely N-dealkylation sites (N-methyl/N-ethyl adjacent to an activating group) is 1. The van der Waals surface area contributed by atoms with Gasteiger partial charge in [-0.2, -0.15) is 0 Å². The Labute approximate surface area is 187 Å². The quantitative estimate of drug-likeness (QED) is 0.461. The average molecular weight is 435 g/mol. The van der Waals surface area contributed by atoms with Crippen molar-refractivity contribution in [3.8, 4) is 10.7 Å². The van der Waals surface area contributed by atoms with E-state index < -0.39 is 0 Å². The molecule has 1 aromatic carbocycles. The van der Waals surface area contributed by atoms with E-state index in [2.05, 4.69) is 70.0 Å². The fourth-order valence-electron chi connectivity index (χ4n) is 4.30. The SMILES string of the molecule is CCCCn1c(Cc2c[nH]c3ccccc23)cnc1-c1cnc(N2CCN(C)CC2)s1. The number of unbranched alkanes of at least 4 members (excludes halogenated alkanes) is 1. The van der Waals surface area contributed by atoms with Gasteiger partial charge in [0.25, 0.3) is 0 Å². The number of thiazole rings is 1. The third-order valence-corrected chi connectivity index (χ3v) is 7.26. The van der Waals surface area contributed by atoms with Crippen LogP contribution >= 0.6 is 11.3 Å². The Hall–Kier alpha value is -2.64. The number of piperazine rings is 1. The molecule has 0 bridgehead atoms. The zero-order valence-corrected chi connectivity index (χ0v) is 19.2. The standard InChI is InChI=1S/C24H30N6S/c1-3-4-9-30-19(14-18-15-25-21-8-6-5-7-20(18)21)16-26-23(30)22-17-27-24(31-22)29-12-10-28(2)11-13-29/h5-8,15-17,25H,3-4,9-14H2,1-2H3. The number of rotatable bonds is 7. The zero-order valence-electron chi connectivity index (χ0n) is 18.3. The molecule has 0 atom stereocenters. The van der Waals surface area contributed by atoms with E-state index in [4.69, 9.17) is 9.97 Å². The van der Waals surface area contributed by atoms with Gasteiger partial charge in [-0.1, -0.05) is 42.9 Å². The summed E-state index contributed by atoms with van der Waals surface area (Å²) < 4.78 is 2.41. The van der Waals surface area contributed by atoms with Crippen molar-refractivity contribution in [1.29, 1.82) is 0 Å². The summed E-state index contributed by atoms with van der Waals surface area (Å²) in [6.45, 7) is 7.50. The Morgan fingerprint density at radius 3 is 2.74 bits per heavy atom. The summed E-state index contributed by atoms with van der Waals surface area (Å²) in [5, 5.41) is 2.41. The minimum atomic E-state index is 0.880. The molecule has 0 spiro atoms. The third kappa shape index (κ3) is 4.12. The number of para-hydroxylation sites is 1. The molecule has 0 aliphatic carbocycles. The smallest absolute Gasteiger partial charge is 0.186 e. The average Bonchev–Trinajstić information content (AvgIpc) is 3.52. The van der Waals surface area contributed by atoms with Gasteiger partial charge in [0.15, 0.2) is 11.0 Å². The van der Waals surface area contributed by atoms with Gasteiger partial charge in [-0.15, -0.1) is 0 Å². The third-order valence-electron chi connectivity index (χ3n) is 6.21. The predicted molar refractivity (Wildman–Crippen MR) is 129 cm³/mol. The van der Waals surface area contributed by atoms with Gasteiger partial charge in [-0.25, -0.2) is 9.97 Å². The van der Waals surface area contributed by atoms with Crippen LogP contribution in [-0.2, 0) is 13.0 Å². The maximum Gasteiger partial charge on any atom is 0.186 e. The van der Waals surface area contributed by atoms with E-state index in [9.17, 15) is 0 Å². The number of benzene rings is 1. The number of fused-ring (bicyclic) bond motifs is 1. The topological polar surface area (TPSA) is 53.0 Å². The monoisotopic (exact) mass is 434 g/mol. The van der Waals surface area contributed by atoms with Gasteiger partial charge < -0.3 is 19.4 Å². The summed E-state index contributed by atoms with van der Waals surface area (Å²) in [5.74, 6) is 1.06. The minimum absolute atomic E-state index is 0.880. The lowest BCUT2D eigenvalue weighted by Crippen LogP contribution is -2.44. The van der Waals surface area contributed by atoms with Crippen molar-refractivity contribution in [1.82, 2.24) is 24.4 Å². The largest absolute Gasteiger partial charge is 0.361 e. The van der Waals surface area contributed by atoms with Crippen molar-refractivity contribution < 1.29 is 0 Å². The van der Waals surface area contributed by atoms with Crippen molar-refractivity contribution >= 4 is 27.4 Å². The molecule has 1 aliphatic heterocycles. The summed E-state index contributed by atoms with van der Waals surface area (Å²) in [5.41, 5.74) is 3.78. The highest BCUT2D eigenvalue weighted by atomic mass is 32.1. The highest BCUT2D eigenvalue weighted by molar-refractivity contribution is 7.18. The van der Waals surface area contributed by atoms with Crippen LogP contribution in [0.15, 0.2) is 42.9 Å². The molecule has 1 fully saturated rings. The number of aromatic amines is 1. The molecule has 6 nitrogen and oxygen atoms in total. The fourth-order valence-corrected chi connectivity index (χ4v) is 5.27. The number of aromatic nitrogens is 4. The molecular formula is C24H30N6S. The van der Waals surface area contributed by atoms with Crippen LogP contribution in [0.4, 0.5) is 5.13 Å². The molecule has 0 unspecified atom stereocenters. The van der Waals surface area contributed by atoms with E-state index in [0.29, 0.717) is 0 Å². The van der Waals surface area contributed by atoms with Crippen molar-refractivity contribution in [2.75, 3.05) is 38.1 Å². The van der Waals surface area contributed by atoms with E-state index in [1.54, 1.807) is 11.3 Å². The Bertz CT molecular complexity index is 1150. The van der Waals surface area contributed by atoms with Crippen molar-refractivity contribution in [2.24, 2.45) is 0 Å². The number of imidazole rings is 1. The van der Waals surface area contributed by atoms with Gasteiger partial charge in [-0.05, 0) is 25.1 Å². The van der Waals surface area contributed by atoms with E-state index in [1.807, 2.05) is 6.20 Å². The van der Waals surface area contributed by atoms with Crippen LogP contribution in [0.5, 0.6) is 0 Å². The van der Waals surface area contributed by atoms with Crippen LogP contribution in [0.25, 0.3) is 21.6 Å². The lowest BCUT2D eigenvalue weighted by Gasteiger charge is -2.32. The molecule has 1 N–H and O–H groups in total. The number of hydrogen-bond acceptors (Lipinski definition) is 5. The molecule has 3 aromatic heterocycles. The minimum Gasteiger partial charge on any atom is -0.361 e. The number of nitrogens with zero attached hydrogens (tertiary/aromatic N) is 5. The normalized spacial score (nSPS) is 15.2. The number of anilines is 1. The Morgan fingerprint density at radius 2 is 1.90 bits per heavy atom. The first kappa shape index (κ1) is 20.3. The molecule has 0 amide bonds. The van der Waals surface area contributed by atoms with E-state index in [0.717, 1.165) is 61.4 Å². The zero-order chi connectivity index (χ0) is 21.2. The molecular weight excluding hydrogens is 404 g/mol. The fraction of sp³-hybridized carbons (Fsp3) is 0.417. The van der Waals surface area contributed by atoms with Crippen molar-refractivity contribution in [3.63, 3.8) is 0 Å². The van der Waals surface area contributed by atoms with Crippen LogP contribution in [0.1, 0.15) is 31.0 Å². The van der Waals surface area contributed by atoms with Gasteiger partial charge in [0.1, 0.15) is 0 Å². The Balaban J connectivity index is 1.43. The Kier molecular flexibility index (Phi) is 5.78. The second-order valence-corrected chi connectivity index (χ2v) is 9.42. The Morgan fingerprint density at radius 1 is 1.06 bits per heavy atom. The molecule has 0 radical (unpaired) electrons. The lowest BCUT2D eigenvalue weighted by atomic mass is 10.1. The molecule has 5 rings (SSSR count). The maximum absolute atomic E-state index is 4.87. The first-order valence-electron chi connectivity index (χ1n) is 11.2. The lowest BCUT2D eigenvalue weighted by molar-refractivity contribution is 0.313. The summed E-state index contributed by atoms with van der Waals surface area (Å²) in [6.07, 6.45) is 9.40. The summed E-state index contributed by atoms with van der Waals surface area (Å²) in [7, 11) is 2.18. The van der Waals surface area contributed by atoms with Gasteiger partial charge >= 0.3 is 0 Å². The number of hydrogen-bond donors (Lipinski definition) is 1. The summed E-state index contributed by atoms with van der Waals surface area (Å²) in [6, 6.07) is 8.51. The van der Waals surface area contributed by atoms with Crippen LogP contribution < -0.4 is 4.90 Å². The first-order valence-corrected chi connectivity index (χ1v) is 12.0. The summed E-state index contributed by atoms with van der Waals surface area (Å²) >= 11 is 1.77. The van der Waals surface area contributed by atoms with E-state index in [1.165, 1.54) is 28.6 Å². The molecule has 4 aromatic rings. The van der Waals surface area contributed by atoms with Crippen LogP contribution in [-0.4, -0.2) is 57.6 Å². The molecule has 1 saturated heterocycles. The van der Waals surface area contributed by atoms with E-state index >= 15 is 0 Å². The molecule has 1 aliphatic rings. The molecule has 162 valence electrons. The van der Waals surface area contributed by atoms with Crippen molar-refractivity contribution in [2.45, 2.75) is 32.7 Å². The molecule has 0 saturated carbocycles. The highest BCUT2D eigenvalue weighted by Gasteiger charge is 2.20. The predicted octanol–water partition coefficient (Wildman–Crippen LogP) is 4.63. The van der Waals surface area contributed by atoms with Crippen LogP contribution in [0, 0.1) is 0 Å².